The van der Waals surface area contributed by atoms with Gasteiger partial charge in [0.1, 0.15) is 12.4 Å². The van der Waals surface area contributed by atoms with Crippen LogP contribution < -0.4 is 10.1 Å². The maximum atomic E-state index is 13.5. The van der Waals surface area contributed by atoms with Crippen LogP contribution in [-0.4, -0.2) is 11.5 Å². The van der Waals surface area contributed by atoms with Crippen molar-refractivity contribution in [2.75, 3.05) is 11.9 Å². The standard InChI is InChI=1S/C14H13BrF2N2O/c1-2-18-13-5-3-4-10(19-13)8-20-12-7-9(15)6-11(16)14(12)17/h3-7H,2,8H2,1H3,(H,18,19). The molecule has 20 heavy (non-hydrogen) atoms. The summed E-state index contributed by atoms with van der Waals surface area (Å²) in [6.45, 7) is 2.78. The van der Waals surface area contributed by atoms with Crippen molar-refractivity contribution in [2.45, 2.75) is 13.5 Å². The van der Waals surface area contributed by atoms with E-state index in [4.69, 9.17) is 4.74 Å². The van der Waals surface area contributed by atoms with Crippen LogP contribution >= 0.6 is 15.9 Å². The Morgan fingerprint density at radius 3 is 2.85 bits per heavy atom. The van der Waals surface area contributed by atoms with Crippen molar-refractivity contribution in [1.29, 1.82) is 0 Å². The van der Waals surface area contributed by atoms with E-state index in [0.717, 1.165) is 18.4 Å². The van der Waals surface area contributed by atoms with E-state index in [1.807, 2.05) is 19.1 Å². The summed E-state index contributed by atoms with van der Waals surface area (Å²) in [6, 6.07) is 7.83. The van der Waals surface area contributed by atoms with Gasteiger partial charge in [-0.3, -0.25) is 0 Å². The molecular formula is C14H13BrF2N2O. The lowest BCUT2D eigenvalue weighted by Gasteiger charge is -2.09. The van der Waals surface area contributed by atoms with Crippen LogP contribution in [0.5, 0.6) is 5.75 Å². The van der Waals surface area contributed by atoms with E-state index in [9.17, 15) is 8.78 Å². The summed E-state index contributed by atoms with van der Waals surface area (Å²) >= 11 is 3.09. The van der Waals surface area contributed by atoms with Gasteiger partial charge in [0.15, 0.2) is 11.6 Å². The summed E-state index contributed by atoms with van der Waals surface area (Å²) in [5.74, 6) is -1.39. The van der Waals surface area contributed by atoms with Gasteiger partial charge in [-0.2, -0.15) is 4.39 Å². The van der Waals surface area contributed by atoms with Gasteiger partial charge in [0.2, 0.25) is 5.82 Å². The highest BCUT2D eigenvalue weighted by Gasteiger charge is 2.11. The first kappa shape index (κ1) is 14.7. The van der Waals surface area contributed by atoms with Crippen molar-refractivity contribution in [1.82, 2.24) is 4.98 Å². The molecule has 1 aromatic carbocycles. The molecule has 2 aromatic rings. The Kier molecular flexibility index (Phi) is 4.89. The molecule has 1 aromatic heterocycles. The molecular weight excluding hydrogens is 330 g/mol. The van der Waals surface area contributed by atoms with E-state index in [2.05, 4.69) is 26.2 Å². The molecule has 0 saturated heterocycles. The second-order valence-corrected chi connectivity index (χ2v) is 4.95. The fourth-order valence-electron chi connectivity index (χ4n) is 1.63. The summed E-state index contributed by atoms with van der Waals surface area (Å²) in [4.78, 5) is 4.29. The summed E-state index contributed by atoms with van der Waals surface area (Å²) < 4.78 is 32.5. The van der Waals surface area contributed by atoms with Crippen LogP contribution in [0.4, 0.5) is 14.6 Å². The molecule has 1 N–H and O–H groups in total. The van der Waals surface area contributed by atoms with Gasteiger partial charge in [0.25, 0.3) is 0 Å². The number of ether oxygens (including phenoxy) is 1. The maximum absolute atomic E-state index is 13.5. The van der Waals surface area contributed by atoms with Gasteiger partial charge in [-0.25, -0.2) is 9.37 Å². The van der Waals surface area contributed by atoms with Crippen LogP contribution in [0.2, 0.25) is 0 Å². The van der Waals surface area contributed by atoms with E-state index in [1.54, 1.807) is 6.07 Å². The molecule has 3 nitrogen and oxygen atoms in total. The second-order valence-electron chi connectivity index (χ2n) is 4.03. The zero-order chi connectivity index (χ0) is 14.5. The number of rotatable bonds is 5. The third-order valence-electron chi connectivity index (χ3n) is 2.50. The predicted octanol–water partition coefficient (Wildman–Crippen LogP) is 4.13. The molecule has 0 aliphatic heterocycles. The molecule has 0 aliphatic carbocycles. The van der Waals surface area contributed by atoms with E-state index in [-0.39, 0.29) is 12.4 Å². The number of hydrogen-bond acceptors (Lipinski definition) is 3. The van der Waals surface area contributed by atoms with Crippen molar-refractivity contribution in [3.63, 3.8) is 0 Å². The SMILES string of the molecule is CCNc1cccc(COc2cc(Br)cc(F)c2F)n1. The van der Waals surface area contributed by atoms with Crippen molar-refractivity contribution >= 4 is 21.7 Å². The van der Waals surface area contributed by atoms with Crippen LogP contribution in [0.1, 0.15) is 12.6 Å². The third-order valence-corrected chi connectivity index (χ3v) is 2.96. The van der Waals surface area contributed by atoms with Crippen LogP contribution in [-0.2, 0) is 6.61 Å². The summed E-state index contributed by atoms with van der Waals surface area (Å²) in [7, 11) is 0. The lowest BCUT2D eigenvalue weighted by atomic mass is 10.3. The van der Waals surface area contributed by atoms with Gasteiger partial charge in [-0.15, -0.1) is 0 Å². The Balaban J connectivity index is 2.10. The summed E-state index contributed by atoms with van der Waals surface area (Å²) in [5.41, 5.74) is 0.628. The van der Waals surface area contributed by atoms with Crippen molar-refractivity contribution < 1.29 is 13.5 Å². The number of aromatic nitrogens is 1. The Hall–Kier alpha value is -1.69. The highest BCUT2D eigenvalue weighted by molar-refractivity contribution is 9.10. The number of benzene rings is 1. The fraction of sp³-hybridized carbons (Fsp3) is 0.214. The van der Waals surface area contributed by atoms with Crippen molar-refractivity contribution in [3.8, 4) is 5.75 Å². The Morgan fingerprint density at radius 2 is 2.10 bits per heavy atom. The summed E-state index contributed by atoms with van der Waals surface area (Å²) in [5, 5.41) is 3.07. The average Bonchev–Trinajstić information content (AvgIpc) is 2.42. The molecule has 0 radical (unpaired) electrons. The number of nitrogens with one attached hydrogen (secondary N) is 1. The molecule has 2 rings (SSSR count). The Labute approximate surface area is 124 Å². The van der Waals surface area contributed by atoms with Crippen LogP contribution in [0.25, 0.3) is 0 Å². The lowest BCUT2D eigenvalue weighted by molar-refractivity contribution is 0.280. The van der Waals surface area contributed by atoms with Gasteiger partial charge >= 0.3 is 0 Å². The van der Waals surface area contributed by atoms with Gasteiger partial charge in [0, 0.05) is 11.0 Å². The Bertz CT molecular complexity index is 608. The molecule has 0 bridgehead atoms. The number of nitrogens with zero attached hydrogens (tertiary/aromatic N) is 1. The lowest BCUT2D eigenvalue weighted by Crippen LogP contribution is -2.04. The predicted molar refractivity (Wildman–Crippen MR) is 76.8 cm³/mol. The minimum atomic E-state index is -1.00. The van der Waals surface area contributed by atoms with Gasteiger partial charge in [-0.05, 0) is 31.2 Å². The van der Waals surface area contributed by atoms with Crippen LogP contribution in [0.15, 0.2) is 34.8 Å². The monoisotopic (exact) mass is 342 g/mol. The second kappa shape index (κ2) is 6.65. The van der Waals surface area contributed by atoms with Crippen molar-refractivity contribution in [2.24, 2.45) is 0 Å². The fourth-order valence-corrected chi connectivity index (χ4v) is 2.04. The van der Waals surface area contributed by atoms with Crippen LogP contribution in [0.3, 0.4) is 0 Å². The van der Waals surface area contributed by atoms with E-state index >= 15 is 0 Å². The van der Waals surface area contributed by atoms with Crippen LogP contribution in [0, 0.1) is 11.6 Å². The quantitative estimate of drug-likeness (QED) is 0.829. The molecule has 0 aliphatic rings. The third kappa shape index (κ3) is 3.66. The minimum absolute atomic E-state index is 0.0616. The minimum Gasteiger partial charge on any atom is -0.484 e. The molecule has 0 fully saturated rings. The van der Waals surface area contributed by atoms with E-state index in [0.29, 0.717) is 10.2 Å². The molecule has 0 unspecified atom stereocenters. The first-order chi connectivity index (χ1) is 9.60. The number of anilines is 1. The molecule has 1 heterocycles. The number of hydrogen-bond donors (Lipinski definition) is 1. The zero-order valence-electron chi connectivity index (χ0n) is 10.8. The smallest absolute Gasteiger partial charge is 0.200 e. The van der Waals surface area contributed by atoms with Gasteiger partial charge < -0.3 is 10.1 Å². The first-order valence-corrected chi connectivity index (χ1v) is 6.86. The number of pyridine rings is 1. The molecule has 6 heteroatoms. The summed E-state index contributed by atoms with van der Waals surface area (Å²) in [6.07, 6.45) is 0. The van der Waals surface area contributed by atoms with Crippen molar-refractivity contribution in [3.05, 3.63) is 52.1 Å². The topological polar surface area (TPSA) is 34.1 Å². The highest BCUT2D eigenvalue weighted by atomic mass is 79.9. The number of halogens is 3. The Morgan fingerprint density at radius 1 is 1.30 bits per heavy atom. The normalized spacial score (nSPS) is 10.4. The van der Waals surface area contributed by atoms with E-state index < -0.39 is 11.6 Å². The highest BCUT2D eigenvalue weighted by Crippen LogP contribution is 2.26. The zero-order valence-corrected chi connectivity index (χ0v) is 12.4. The molecule has 0 saturated carbocycles. The molecule has 0 amide bonds. The molecule has 0 spiro atoms. The largest absolute Gasteiger partial charge is 0.484 e. The maximum Gasteiger partial charge on any atom is 0.200 e. The van der Waals surface area contributed by atoms with Gasteiger partial charge in [-0.1, -0.05) is 22.0 Å². The average molecular weight is 343 g/mol. The van der Waals surface area contributed by atoms with Gasteiger partial charge in [0.05, 0.1) is 5.69 Å². The first-order valence-electron chi connectivity index (χ1n) is 6.07. The molecule has 0 atom stereocenters. The van der Waals surface area contributed by atoms with E-state index in [1.165, 1.54) is 6.07 Å². The molecule has 106 valence electrons.